The molecule has 1 heteroatoms. The lowest BCUT2D eigenvalue weighted by molar-refractivity contribution is 0.205. The maximum atomic E-state index is 5.80. The summed E-state index contributed by atoms with van der Waals surface area (Å²) in [6.07, 6.45) is 3.99. The molecule has 1 fully saturated rings. The highest BCUT2D eigenvalue weighted by molar-refractivity contribution is 5.27. The van der Waals surface area contributed by atoms with Gasteiger partial charge in [0.25, 0.3) is 0 Å². The number of benzene rings is 1. The van der Waals surface area contributed by atoms with Crippen LogP contribution in [0, 0.1) is 18.3 Å². The number of hydrogen-bond donors (Lipinski definition) is 0. The molecule has 0 bridgehead atoms. The number of rotatable bonds is 5. The molecule has 1 aromatic carbocycles. The molecule has 88 valence electrons. The molecule has 0 radical (unpaired) electrons. The lowest BCUT2D eigenvalue weighted by atomic mass is 9.84. The van der Waals surface area contributed by atoms with Crippen molar-refractivity contribution in [2.45, 2.75) is 40.0 Å². The monoisotopic (exact) mass is 218 g/mol. The van der Waals surface area contributed by atoms with Gasteiger partial charge in [-0.15, -0.1) is 0 Å². The quantitative estimate of drug-likeness (QED) is 0.719. The zero-order valence-electron chi connectivity index (χ0n) is 10.6. The molecule has 0 unspecified atom stereocenters. The van der Waals surface area contributed by atoms with Gasteiger partial charge in [-0.25, -0.2) is 0 Å². The largest absolute Gasteiger partial charge is 0.494 e. The van der Waals surface area contributed by atoms with Crippen molar-refractivity contribution in [3.8, 4) is 5.75 Å². The van der Waals surface area contributed by atoms with Crippen LogP contribution in [-0.4, -0.2) is 6.61 Å². The molecular weight excluding hydrogens is 196 g/mol. The van der Waals surface area contributed by atoms with Gasteiger partial charge in [0, 0.05) is 0 Å². The normalized spacial score (nSPS) is 16.2. The van der Waals surface area contributed by atoms with Crippen LogP contribution in [0.1, 0.15) is 38.7 Å². The van der Waals surface area contributed by atoms with Crippen LogP contribution in [0.5, 0.6) is 5.75 Å². The summed E-state index contributed by atoms with van der Waals surface area (Å²) in [5.41, 5.74) is 1.73. The highest BCUT2D eigenvalue weighted by Crippen LogP contribution is 2.47. The predicted octanol–water partition coefficient (Wildman–Crippen LogP) is 4.20. The van der Waals surface area contributed by atoms with E-state index in [-0.39, 0.29) is 0 Å². The highest BCUT2D eigenvalue weighted by atomic mass is 16.5. The Balaban J connectivity index is 1.79. The average Bonchev–Trinajstić information content (AvgIpc) is 3.00. The molecule has 0 atom stereocenters. The Hall–Kier alpha value is -0.980. The standard InChI is InChI=1S/C15H22O/c1-12-5-4-6-14(11-12)16-10-9-15(2,3)13-7-8-13/h4-6,11,13H,7-10H2,1-3H3. The van der Waals surface area contributed by atoms with Gasteiger partial charge in [0.15, 0.2) is 0 Å². The average molecular weight is 218 g/mol. The molecule has 0 amide bonds. The van der Waals surface area contributed by atoms with E-state index in [4.69, 9.17) is 4.74 Å². The van der Waals surface area contributed by atoms with Crippen molar-refractivity contribution >= 4 is 0 Å². The molecule has 16 heavy (non-hydrogen) atoms. The number of aryl methyl sites for hydroxylation is 1. The predicted molar refractivity (Wildman–Crippen MR) is 67.8 cm³/mol. The molecule has 1 saturated carbocycles. The van der Waals surface area contributed by atoms with E-state index >= 15 is 0 Å². The maximum Gasteiger partial charge on any atom is 0.119 e. The molecular formula is C15H22O. The van der Waals surface area contributed by atoms with Crippen molar-refractivity contribution in [1.82, 2.24) is 0 Å². The van der Waals surface area contributed by atoms with E-state index < -0.39 is 0 Å². The van der Waals surface area contributed by atoms with Crippen LogP contribution in [0.2, 0.25) is 0 Å². The van der Waals surface area contributed by atoms with Crippen molar-refractivity contribution in [3.63, 3.8) is 0 Å². The molecule has 1 nitrogen and oxygen atoms in total. The first-order chi connectivity index (χ1) is 7.58. The molecule has 0 heterocycles. The second-order valence-corrected chi connectivity index (χ2v) is 5.68. The Labute approximate surface area is 98.8 Å². The van der Waals surface area contributed by atoms with E-state index in [0.29, 0.717) is 5.41 Å². The van der Waals surface area contributed by atoms with Crippen LogP contribution >= 0.6 is 0 Å². The molecule has 0 spiro atoms. The maximum absolute atomic E-state index is 5.80. The van der Waals surface area contributed by atoms with Crippen molar-refractivity contribution in [1.29, 1.82) is 0 Å². The minimum Gasteiger partial charge on any atom is -0.494 e. The first-order valence-electron chi connectivity index (χ1n) is 6.27. The highest BCUT2D eigenvalue weighted by Gasteiger charge is 2.37. The number of hydrogen-bond acceptors (Lipinski definition) is 1. The van der Waals surface area contributed by atoms with E-state index in [0.717, 1.165) is 24.7 Å². The summed E-state index contributed by atoms with van der Waals surface area (Å²) in [7, 11) is 0. The van der Waals surface area contributed by atoms with Gasteiger partial charge < -0.3 is 4.74 Å². The van der Waals surface area contributed by atoms with Crippen LogP contribution in [0.15, 0.2) is 24.3 Å². The molecule has 1 aromatic rings. The van der Waals surface area contributed by atoms with Crippen LogP contribution in [0.3, 0.4) is 0 Å². The summed E-state index contributed by atoms with van der Waals surface area (Å²) < 4.78 is 5.80. The smallest absolute Gasteiger partial charge is 0.119 e. The van der Waals surface area contributed by atoms with Crippen LogP contribution < -0.4 is 4.74 Å². The van der Waals surface area contributed by atoms with Crippen LogP contribution in [0.4, 0.5) is 0 Å². The van der Waals surface area contributed by atoms with Gasteiger partial charge in [-0.3, -0.25) is 0 Å². The van der Waals surface area contributed by atoms with Gasteiger partial charge in [0.2, 0.25) is 0 Å². The van der Waals surface area contributed by atoms with Crippen molar-refractivity contribution in [2.24, 2.45) is 11.3 Å². The van der Waals surface area contributed by atoms with Gasteiger partial charge in [-0.1, -0.05) is 26.0 Å². The van der Waals surface area contributed by atoms with E-state index in [1.807, 2.05) is 6.07 Å². The molecule has 1 aliphatic carbocycles. The Morgan fingerprint density at radius 3 is 2.69 bits per heavy atom. The van der Waals surface area contributed by atoms with E-state index in [1.54, 1.807) is 0 Å². The van der Waals surface area contributed by atoms with Crippen molar-refractivity contribution < 1.29 is 4.74 Å². The van der Waals surface area contributed by atoms with Gasteiger partial charge >= 0.3 is 0 Å². The summed E-state index contributed by atoms with van der Waals surface area (Å²) in [6, 6.07) is 8.29. The van der Waals surface area contributed by atoms with E-state index in [9.17, 15) is 0 Å². The molecule has 2 rings (SSSR count). The van der Waals surface area contributed by atoms with E-state index in [2.05, 4.69) is 39.0 Å². The molecule has 1 aliphatic rings. The minimum atomic E-state index is 0.462. The summed E-state index contributed by atoms with van der Waals surface area (Å²) in [6.45, 7) is 7.67. The van der Waals surface area contributed by atoms with Crippen molar-refractivity contribution in [3.05, 3.63) is 29.8 Å². The van der Waals surface area contributed by atoms with Crippen LogP contribution in [-0.2, 0) is 0 Å². The topological polar surface area (TPSA) is 9.23 Å². The van der Waals surface area contributed by atoms with Crippen molar-refractivity contribution in [2.75, 3.05) is 6.61 Å². The Bertz CT molecular complexity index is 350. The minimum absolute atomic E-state index is 0.462. The fourth-order valence-electron chi connectivity index (χ4n) is 2.21. The summed E-state index contributed by atoms with van der Waals surface area (Å²) in [5, 5.41) is 0. The lowest BCUT2D eigenvalue weighted by Gasteiger charge is -2.24. The summed E-state index contributed by atoms with van der Waals surface area (Å²) in [4.78, 5) is 0. The zero-order valence-corrected chi connectivity index (χ0v) is 10.6. The zero-order chi connectivity index (χ0) is 11.6. The molecule has 0 N–H and O–H groups in total. The Kier molecular flexibility index (Phi) is 3.22. The summed E-state index contributed by atoms with van der Waals surface area (Å²) in [5.74, 6) is 1.94. The Morgan fingerprint density at radius 2 is 2.06 bits per heavy atom. The number of ether oxygens (including phenoxy) is 1. The van der Waals surface area contributed by atoms with Gasteiger partial charge in [0.05, 0.1) is 6.61 Å². The van der Waals surface area contributed by atoms with Gasteiger partial charge in [-0.2, -0.15) is 0 Å². The summed E-state index contributed by atoms with van der Waals surface area (Å²) >= 11 is 0. The first kappa shape index (κ1) is 11.5. The fourth-order valence-corrected chi connectivity index (χ4v) is 2.21. The first-order valence-corrected chi connectivity index (χ1v) is 6.27. The van der Waals surface area contributed by atoms with Gasteiger partial charge in [-0.05, 0) is 55.2 Å². The molecule has 0 aromatic heterocycles. The SMILES string of the molecule is Cc1cccc(OCCC(C)(C)C2CC2)c1. The lowest BCUT2D eigenvalue weighted by Crippen LogP contribution is -2.18. The van der Waals surface area contributed by atoms with Gasteiger partial charge in [0.1, 0.15) is 5.75 Å². The Morgan fingerprint density at radius 1 is 1.31 bits per heavy atom. The second kappa shape index (κ2) is 4.48. The third-order valence-corrected chi connectivity index (χ3v) is 3.69. The molecule has 0 saturated heterocycles. The van der Waals surface area contributed by atoms with E-state index in [1.165, 1.54) is 18.4 Å². The molecule has 0 aliphatic heterocycles. The third kappa shape index (κ3) is 3.01. The van der Waals surface area contributed by atoms with Crippen LogP contribution in [0.25, 0.3) is 0 Å². The fraction of sp³-hybridized carbons (Fsp3) is 0.600. The third-order valence-electron chi connectivity index (χ3n) is 3.69. The second-order valence-electron chi connectivity index (χ2n) is 5.68.